The second-order valence-corrected chi connectivity index (χ2v) is 10.9. The monoisotopic (exact) mass is 495 g/mol. The molecule has 0 radical (unpaired) electrons. The third-order valence-electron chi connectivity index (χ3n) is 6.34. The third-order valence-corrected chi connectivity index (χ3v) is 8.63. The molecule has 1 atom stereocenters. The Balaban J connectivity index is 1.39. The van der Waals surface area contributed by atoms with Crippen LogP contribution in [0.15, 0.2) is 41.3 Å². The number of piperidine rings is 1. The lowest BCUT2D eigenvalue weighted by Crippen LogP contribution is -2.47. The number of aromatic nitrogens is 2. The molecule has 33 heavy (non-hydrogen) atoms. The van der Waals surface area contributed by atoms with Crippen molar-refractivity contribution in [3.8, 4) is 0 Å². The van der Waals surface area contributed by atoms with Crippen molar-refractivity contribution in [2.75, 3.05) is 49.5 Å². The van der Waals surface area contributed by atoms with Gasteiger partial charge < -0.3 is 10.1 Å². The van der Waals surface area contributed by atoms with Gasteiger partial charge in [-0.3, -0.25) is 9.10 Å². The molecule has 0 spiro atoms. The minimum absolute atomic E-state index is 0.112. The maximum atomic E-state index is 13.0. The summed E-state index contributed by atoms with van der Waals surface area (Å²) in [5, 5.41) is 7.68. The van der Waals surface area contributed by atoms with Gasteiger partial charge in [-0.15, -0.1) is 0 Å². The van der Waals surface area contributed by atoms with Gasteiger partial charge in [0.05, 0.1) is 30.2 Å². The molecule has 180 valence electrons. The van der Waals surface area contributed by atoms with Crippen LogP contribution in [0.3, 0.4) is 0 Å². The van der Waals surface area contributed by atoms with Gasteiger partial charge in [-0.05, 0) is 43.7 Å². The zero-order chi connectivity index (χ0) is 23.4. The van der Waals surface area contributed by atoms with Crippen molar-refractivity contribution in [3.63, 3.8) is 0 Å². The third kappa shape index (κ3) is 5.34. The molecule has 2 fully saturated rings. The Bertz CT molecular complexity index is 1100. The number of nitrogens with zero attached hydrogens (tertiary/aromatic N) is 4. The number of halogens is 1. The second kappa shape index (κ2) is 10.4. The van der Waals surface area contributed by atoms with Crippen LogP contribution in [0.5, 0.6) is 0 Å². The molecule has 0 aliphatic carbocycles. The van der Waals surface area contributed by atoms with E-state index in [1.54, 1.807) is 37.5 Å². The Morgan fingerprint density at radius 1 is 1.21 bits per heavy atom. The van der Waals surface area contributed by atoms with E-state index >= 15 is 0 Å². The van der Waals surface area contributed by atoms with E-state index in [2.05, 4.69) is 10.4 Å². The summed E-state index contributed by atoms with van der Waals surface area (Å²) in [4.78, 5) is 12.9. The first kappa shape index (κ1) is 24.0. The Morgan fingerprint density at radius 3 is 2.61 bits per heavy atom. The van der Waals surface area contributed by atoms with Crippen molar-refractivity contribution >= 4 is 33.2 Å². The molecule has 0 unspecified atom stereocenters. The number of para-hydroxylation sites is 1. The Labute approximate surface area is 199 Å². The summed E-state index contributed by atoms with van der Waals surface area (Å²) in [5.74, 6) is 0.387. The van der Waals surface area contributed by atoms with E-state index in [0.29, 0.717) is 56.4 Å². The first-order valence-corrected chi connectivity index (χ1v) is 13.0. The normalized spacial score (nSPS) is 20.5. The smallest absolute Gasteiger partial charge is 0.303 e. The molecule has 9 nitrogen and oxygen atoms in total. The van der Waals surface area contributed by atoms with Gasteiger partial charge in [-0.25, -0.2) is 4.68 Å². The van der Waals surface area contributed by atoms with E-state index in [0.717, 1.165) is 19.4 Å². The summed E-state index contributed by atoms with van der Waals surface area (Å²) in [6, 6.07) is 8.76. The minimum atomic E-state index is -3.65. The topological polar surface area (TPSA) is 96.8 Å². The number of nitrogens with one attached hydrogen (secondary N) is 1. The fraction of sp³-hybridized carbons (Fsp3) is 0.545. The molecule has 2 aliphatic heterocycles. The number of ether oxygens (including phenoxy) is 1. The van der Waals surface area contributed by atoms with Gasteiger partial charge in [0.25, 0.3) is 5.56 Å². The molecule has 4 rings (SSSR count). The fourth-order valence-corrected chi connectivity index (χ4v) is 5.92. The summed E-state index contributed by atoms with van der Waals surface area (Å²) in [6.07, 6.45) is 4.67. The molecule has 1 N–H and O–H groups in total. The van der Waals surface area contributed by atoms with Crippen LogP contribution in [0.4, 0.5) is 11.4 Å². The molecule has 11 heteroatoms. The highest BCUT2D eigenvalue weighted by Gasteiger charge is 2.33. The highest BCUT2D eigenvalue weighted by molar-refractivity contribution is 7.90. The summed E-state index contributed by atoms with van der Waals surface area (Å²) < 4.78 is 35.7. The average Bonchev–Trinajstić information content (AvgIpc) is 2.86. The van der Waals surface area contributed by atoms with Gasteiger partial charge in [0.2, 0.25) is 0 Å². The van der Waals surface area contributed by atoms with Gasteiger partial charge in [-0.1, -0.05) is 29.8 Å². The highest BCUT2D eigenvalue weighted by Crippen LogP contribution is 2.27. The van der Waals surface area contributed by atoms with E-state index in [1.807, 2.05) is 6.07 Å². The largest absolute Gasteiger partial charge is 0.382 e. The van der Waals surface area contributed by atoms with E-state index in [1.165, 1.54) is 13.3 Å². The van der Waals surface area contributed by atoms with Crippen LogP contribution in [-0.2, 0) is 14.9 Å². The molecule has 2 aromatic rings. The lowest BCUT2D eigenvalue weighted by atomic mass is 10.0. The molecule has 1 aromatic heterocycles. The number of anilines is 2. The molecular formula is C22H30ClN5O4S. The predicted molar refractivity (Wildman–Crippen MR) is 129 cm³/mol. The van der Waals surface area contributed by atoms with Crippen molar-refractivity contribution < 1.29 is 13.2 Å². The zero-order valence-corrected chi connectivity index (χ0v) is 20.3. The van der Waals surface area contributed by atoms with Crippen LogP contribution in [0, 0.1) is 5.92 Å². The molecule has 0 amide bonds. The van der Waals surface area contributed by atoms with Crippen LogP contribution in [0.2, 0.25) is 5.02 Å². The first-order chi connectivity index (χ1) is 15.9. The van der Waals surface area contributed by atoms with E-state index in [-0.39, 0.29) is 16.6 Å². The predicted octanol–water partition coefficient (Wildman–Crippen LogP) is 2.75. The van der Waals surface area contributed by atoms with E-state index in [9.17, 15) is 13.2 Å². The second-order valence-electron chi connectivity index (χ2n) is 8.53. The summed E-state index contributed by atoms with van der Waals surface area (Å²) in [7, 11) is -2.10. The molecular weight excluding hydrogens is 466 g/mol. The average molecular weight is 496 g/mol. The minimum Gasteiger partial charge on any atom is -0.382 e. The summed E-state index contributed by atoms with van der Waals surface area (Å²) >= 11 is 6.37. The van der Waals surface area contributed by atoms with Gasteiger partial charge in [0.15, 0.2) is 0 Å². The van der Waals surface area contributed by atoms with Crippen LogP contribution >= 0.6 is 11.6 Å². The lowest BCUT2D eigenvalue weighted by Gasteiger charge is -2.34. The molecule has 2 saturated heterocycles. The molecule has 2 aliphatic rings. The van der Waals surface area contributed by atoms with Crippen LogP contribution in [0.1, 0.15) is 31.7 Å². The zero-order valence-electron chi connectivity index (χ0n) is 18.7. The van der Waals surface area contributed by atoms with Crippen molar-refractivity contribution in [3.05, 3.63) is 51.9 Å². The van der Waals surface area contributed by atoms with Crippen LogP contribution in [-0.4, -0.2) is 62.4 Å². The van der Waals surface area contributed by atoms with Crippen LogP contribution < -0.4 is 15.2 Å². The number of rotatable bonds is 7. The molecule has 0 bridgehead atoms. The Kier molecular flexibility index (Phi) is 7.58. The number of benzene rings is 1. The standard InChI is InChI=1S/C22H30ClN5O4S/c1-26(18-7-3-2-4-8-18)33(30,31)27-11-9-19(10-12-27)28-22(29)21(23)20(15-25-28)24-14-17-6-5-13-32-16-17/h2-4,7-8,15,17,19,24H,5-6,9-14,16H2,1H3/t17-/m1/s1. The van der Waals surface area contributed by atoms with Gasteiger partial charge in [-0.2, -0.15) is 17.8 Å². The first-order valence-electron chi connectivity index (χ1n) is 11.3. The van der Waals surface area contributed by atoms with Crippen LogP contribution in [0.25, 0.3) is 0 Å². The Morgan fingerprint density at radius 2 is 1.94 bits per heavy atom. The summed E-state index contributed by atoms with van der Waals surface area (Å²) in [6.45, 7) is 2.79. The number of hydrogen-bond acceptors (Lipinski definition) is 6. The molecule has 0 saturated carbocycles. The quantitative estimate of drug-likeness (QED) is 0.634. The van der Waals surface area contributed by atoms with E-state index < -0.39 is 10.2 Å². The number of hydrogen-bond donors (Lipinski definition) is 1. The van der Waals surface area contributed by atoms with Crippen molar-refractivity contribution in [1.29, 1.82) is 0 Å². The molecule has 1 aromatic carbocycles. The summed E-state index contributed by atoms with van der Waals surface area (Å²) in [5.41, 5.74) is 0.768. The highest BCUT2D eigenvalue weighted by atomic mass is 35.5. The maximum Gasteiger partial charge on any atom is 0.303 e. The SMILES string of the molecule is CN(c1ccccc1)S(=O)(=O)N1CCC(n2ncc(NC[C@H]3CCCOC3)c(Cl)c2=O)CC1. The van der Waals surface area contributed by atoms with Crippen molar-refractivity contribution in [2.45, 2.75) is 31.7 Å². The van der Waals surface area contributed by atoms with Crippen molar-refractivity contribution in [1.82, 2.24) is 14.1 Å². The molecule has 3 heterocycles. The maximum absolute atomic E-state index is 13.0. The lowest BCUT2D eigenvalue weighted by molar-refractivity contribution is 0.0595. The van der Waals surface area contributed by atoms with Crippen molar-refractivity contribution in [2.24, 2.45) is 5.92 Å². The van der Waals surface area contributed by atoms with Gasteiger partial charge in [0.1, 0.15) is 5.02 Å². The van der Waals surface area contributed by atoms with Gasteiger partial charge >= 0.3 is 10.2 Å². The Hall–Kier alpha value is -2.14. The van der Waals surface area contributed by atoms with E-state index in [4.69, 9.17) is 16.3 Å². The fourth-order valence-electron chi connectivity index (χ4n) is 4.31. The van der Waals surface area contributed by atoms with Gasteiger partial charge in [0, 0.05) is 33.3 Å².